The molecule has 1 aromatic carbocycles. The summed E-state index contributed by atoms with van der Waals surface area (Å²) in [7, 11) is 1.53. The number of carboxylic acids is 1. The molecule has 2 unspecified atom stereocenters. The van der Waals surface area contributed by atoms with Gasteiger partial charge >= 0.3 is 12.0 Å². The molecule has 192 valence electrons. The van der Waals surface area contributed by atoms with Gasteiger partial charge in [0.05, 0.1) is 44.6 Å². The van der Waals surface area contributed by atoms with E-state index in [9.17, 15) is 4.79 Å². The van der Waals surface area contributed by atoms with Gasteiger partial charge in [-0.15, -0.1) is 0 Å². The second-order valence-corrected chi connectivity index (χ2v) is 9.55. The van der Waals surface area contributed by atoms with Crippen molar-refractivity contribution in [2.75, 3.05) is 51.4 Å². The number of nitrogens with zero attached hydrogens (tertiary/aromatic N) is 6. The van der Waals surface area contributed by atoms with Crippen molar-refractivity contribution in [1.82, 2.24) is 24.6 Å². The highest BCUT2D eigenvalue weighted by atomic mass is 19.1. The minimum Gasteiger partial charge on any atom is -0.480 e. The van der Waals surface area contributed by atoms with E-state index in [0.717, 1.165) is 27.8 Å². The maximum absolute atomic E-state index is 15.2. The minimum absolute atomic E-state index is 0.109. The van der Waals surface area contributed by atoms with Crippen LogP contribution in [0, 0.1) is 6.92 Å². The SMILES string of the molecule is COc1nc(N2CCOC[C@H]2C)cc(-n2ncc3cc(C)c(C4CCN(CC(=O)O)CC4F)cc32)n1. The first kappa shape index (κ1) is 24.4. The number of ether oxygens (including phenoxy) is 2. The molecule has 0 bridgehead atoms. The average Bonchev–Trinajstić information content (AvgIpc) is 3.26. The van der Waals surface area contributed by atoms with Crippen LogP contribution < -0.4 is 9.64 Å². The number of rotatable bonds is 6. The van der Waals surface area contributed by atoms with Gasteiger partial charge in [-0.25, -0.2) is 9.07 Å². The zero-order valence-electron chi connectivity index (χ0n) is 20.7. The molecule has 5 rings (SSSR count). The molecule has 3 atom stereocenters. The number of halogens is 1. The number of anilines is 1. The molecule has 0 saturated carbocycles. The molecular formula is C25H31FN6O4. The Kier molecular flexibility index (Phi) is 6.76. The molecule has 0 aliphatic carbocycles. The number of hydrogen-bond acceptors (Lipinski definition) is 8. The van der Waals surface area contributed by atoms with Gasteiger partial charge in [-0.1, -0.05) is 0 Å². The van der Waals surface area contributed by atoms with E-state index < -0.39 is 12.1 Å². The number of fused-ring (bicyclic) bond motifs is 1. The molecule has 0 radical (unpaired) electrons. The third-order valence-corrected chi connectivity index (χ3v) is 7.08. The highest BCUT2D eigenvalue weighted by molar-refractivity contribution is 5.82. The molecule has 2 aromatic heterocycles. The standard InChI is InChI=1S/C25H31FN6O4/c1-15-8-17-11-27-32(21(17)9-19(15)18-4-5-30(12-20(18)26)13-24(33)34)23-10-22(28-25(29-23)35-3)31-6-7-36-14-16(31)2/h8-11,16,18,20H,4-7,12-14H2,1-3H3,(H,33,34)/t16-,18?,20?/m1/s1. The van der Waals surface area contributed by atoms with Gasteiger partial charge in [-0.3, -0.25) is 9.69 Å². The first-order valence-corrected chi connectivity index (χ1v) is 12.2. The smallest absolute Gasteiger partial charge is 0.320 e. The molecule has 0 amide bonds. The number of morpholine rings is 1. The number of aromatic nitrogens is 4. The summed E-state index contributed by atoms with van der Waals surface area (Å²) in [6.45, 7) is 6.52. The zero-order chi connectivity index (χ0) is 25.4. The van der Waals surface area contributed by atoms with Gasteiger partial charge in [0.15, 0.2) is 5.82 Å². The van der Waals surface area contributed by atoms with E-state index in [1.54, 1.807) is 15.8 Å². The number of alkyl halides is 1. The molecule has 4 heterocycles. The van der Waals surface area contributed by atoms with Crippen molar-refractivity contribution in [3.63, 3.8) is 0 Å². The van der Waals surface area contributed by atoms with Crippen molar-refractivity contribution in [3.8, 4) is 11.8 Å². The van der Waals surface area contributed by atoms with Crippen molar-refractivity contribution in [3.05, 3.63) is 35.5 Å². The average molecular weight is 499 g/mol. The summed E-state index contributed by atoms with van der Waals surface area (Å²) >= 11 is 0. The topological polar surface area (TPSA) is 106 Å². The van der Waals surface area contributed by atoms with Crippen molar-refractivity contribution >= 4 is 22.7 Å². The highest BCUT2D eigenvalue weighted by Gasteiger charge is 2.32. The Morgan fingerprint density at radius 3 is 2.78 bits per heavy atom. The fraction of sp³-hybridized carbons (Fsp3) is 0.520. The number of methoxy groups -OCH3 is 1. The van der Waals surface area contributed by atoms with Crippen molar-refractivity contribution in [2.24, 2.45) is 0 Å². The monoisotopic (exact) mass is 498 g/mol. The van der Waals surface area contributed by atoms with Crippen molar-refractivity contribution in [2.45, 2.75) is 38.4 Å². The van der Waals surface area contributed by atoms with Gasteiger partial charge in [-0.05, 0) is 50.1 Å². The van der Waals surface area contributed by atoms with Crippen LogP contribution >= 0.6 is 0 Å². The second-order valence-electron chi connectivity index (χ2n) is 9.55. The fourth-order valence-corrected chi connectivity index (χ4v) is 5.25. The van der Waals surface area contributed by atoms with Gasteiger partial charge in [0.2, 0.25) is 0 Å². The van der Waals surface area contributed by atoms with Gasteiger partial charge in [-0.2, -0.15) is 15.1 Å². The van der Waals surface area contributed by atoms with Crippen molar-refractivity contribution in [1.29, 1.82) is 0 Å². The van der Waals surface area contributed by atoms with E-state index in [-0.39, 0.29) is 31.1 Å². The van der Waals surface area contributed by atoms with Crippen LogP contribution in [0.3, 0.4) is 0 Å². The molecule has 11 heteroatoms. The third kappa shape index (κ3) is 4.72. The van der Waals surface area contributed by atoms with Crippen LogP contribution in [-0.4, -0.2) is 94.4 Å². The molecule has 2 aliphatic rings. The van der Waals surface area contributed by atoms with Gasteiger partial charge in [0.25, 0.3) is 0 Å². The van der Waals surface area contributed by atoms with Crippen molar-refractivity contribution < 1.29 is 23.8 Å². The van der Waals surface area contributed by atoms with Crippen LogP contribution in [0.5, 0.6) is 6.01 Å². The van der Waals surface area contributed by atoms with Crippen LogP contribution in [0.1, 0.15) is 30.4 Å². The quantitative estimate of drug-likeness (QED) is 0.549. The zero-order valence-corrected chi connectivity index (χ0v) is 20.7. The Labute approximate surface area is 208 Å². The maximum Gasteiger partial charge on any atom is 0.320 e. The Bertz CT molecular complexity index is 1270. The molecular weight excluding hydrogens is 467 g/mol. The number of likely N-dealkylation sites (tertiary alicyclic amines) is 1. The number of aliphatic carboxylic acids is 1. The van der Waals surface area contributed by atoms with Crippen LogP contribution in [-0.2, 0) is 9.53 Å². The summed E-state index contributed by atoms with van der Waals surface area (Å²) in [4.78, 5) is 24.0. The number of carboxylic acid groups (broad SMARTS) is 1. The number of benzene rings is 1. The molecule has 2 saturated heterocycles. The van der Waals surface area contributed by atoms with Gasteiger partial charge < -0.3 is 19.5 Å². The summed E-state index contributed by atoms with van der Waals surface area (Å²) in [5.41, 5.74) is 2.72. The highest BCUT2D eigenvalue weighted by Crippen LogP contribution is 2.35. The number of hydrogen-bond donors (Lipinski definition) is 1. The fourth-order valence-electron chi connectivity index (χ4n) is 5.25. The van der Waals surface area contributed by atoms with Crippen LogP contribution in [0.2, 0.25) is 0 Å². The largest absolute Gasteiger partial charge is 0.480 e. The molecule has 3 aromatic rings. The maximum atomic E-state index is 15.2. The lowest BCUT2D eigenvalue weighted by atomic mass is 9.85. The summed E-state index contributed by atoms with van der Waals surface area (Å²) in [5.74, 6) is 0.0486. The molecule has 36 heavy (non-hydrogen) atoms. The van der Waals surface area contributed by atoms with Crippen LogP contribution in [0.4, 0.5) is 10.2 Å². The van der Waals surface area contributed by atoms with Crippen LogP contribution in [0.15, 0.2) is 24.4 Å². The van der Waals surface area contributed by atoms with E-state index in [1.807, 2.05) is 25.1 Å². The van der Waals surface area contributed by atoms with E-state index in [2.05, 4.69) is 26.9 Å². The van der Waals surface area contributed by atoms with E-state index >= 15 is 4.39 Å². The molecule has 2 fully saturated rings. The normalized spacial score (nSPS) is 23.2. The lowest BCUT2D eigenvalue weighted by Crippen LogP contribution is -2.44. The molecule has 2 aliphatic heterocycles. The number of piperidine rings is 1. The Morgan fingerprint density at radius 2 is 2.06 bits per heavy atom. The summed E-state index contributed by atoms with van der Waals surface area (Å²) in [6, 6.07) is 6.30. The third-order valence-electron chi connectivity index (χ3n) is 7.08. The summed E-state index contributed by atoms with van der Waals surface area (Å²) in [5, 5.41) is 14.6. The minimum atomic E-state index is -1.15. The Hall–Kier alpha value is -3.31. The van der Waals surface area contributed by atoms with E-state index in [1.165, 1.54) is 7.11 Å². The van der Waals surface area contributed by atoms with Gasteiger partial charge in [0.1, 0.15) is 12.0 Å². The van der Waals surface area contributed by atoms with Gasteiger partial charge in [0, 0.05) is 30.5 Å². The first-order chi connectivity index (χ1) is 17.3. The predicted octanol–water partition coefficient (Wildman–Crippen LogP) is 2.57. The first-order valence-electron chi connectivity index (χ1n) is 12.2. The summed E-state index contributed by atoms with van der Waals surface area (Å²) in [6.07, 6.45) is 1.18. The van der Waals surface area contributed by atoms with Crippen LogP contribution in [0.25, 0.3) is 16.7 Å². The van der Waals surface area contributed by atoms with E-state index in [0.29, 0.717) is 38.5 Å². The lowest BCUT2D eigenvalue weighted by Gasteiger charge is -2.34. The summed E-state index contributed by atoms with van der Waals surface area (Å²) < 4.78 is 28.0. The Balaban J connectivity index is 1.51. The molecule has 1 N–H and O–H groups in total. The molecule has 10 nitrogen and oxygen atoms in total. The lowest BCUT2D eigenvalue weighted by molar-refractivity contribution is -0.138. The predicted molar refractivity (Wildman–Crippen MR) is 132 cm³/mol. The second kappa shape index (κ2) is 9.98. The number of carbonyl (C=O) groups is 1. The number of aryl methyl sites for hydroxylation is 1. The Morgan fingerprint density at radius 1 is 1.25 bits per heavy atom. The molecule has 0 spiro atoms. The van der Waals surface area contributed by atoms with E-state index in [4.69, 9.17) is 14.6 Å².